The van der Waals surface area contributed by atoms with E-state index >= 15 is 0 Å². The number of carbonyl (C=O) groups excluding carboxylic acids is 2. The Kier molecular flexibility index (Phi) is 21.9. The average Bonchev–Trinajstić information content (AvgIpc) is 3.00. The predicted molar refractivity (Wildman–Crippen MR) is 152 cm³/mol. The summed E-state index contributed by atoms with van der Waals surface area (Å²) in [6.07, 6.45) is 0. The van der Waals surface area contributed by atoms with Crippen molar-refractivity contribution in [1.82, 2.24) is 0 Å². The molecule has 0 aromatic heterocycles. The molecular formula is C29H42O15. The molecule has 0 amide bonds. The highest BCUT2D eigenvalue weighted by atomic mass is 16.6. The van der Waals surface area contributed by atoms with Crippen LogP contribution in [0.5, 0.6) is 0 Å². The van der Waals surface area contributed by atoms with E-state index in [0.717, 1.165) is 12.1 Å². The van der Waals surface area contributed by atoms with Crippen LogP contribution >= 0.6 is 0 Å². The second-order valence-corrected chi connectivity index (χ2v) is 8.71. The minimum absolute atomic E-state index is 0.0711. The number of carbonyl (C=O) groups is 4. The van der Waals surface area contributed by atoms with Crippen LogP contribution < -0.4 is 0 Å². The molecule has 44 heavy (non-hydrogen) atoms. The summed E-state index contributed by atoms with van der Waals surface area (Å²) in [5, 5.41) is 18.2. The Morgan fingerprint density at radius 2 is 0.886 bits per heavy atom. The summed E-state index contributed by atoms with van der Waals surface area (Å²) >= 11 is 0. The largest absolute Gasteiger partial charge is 0.478 e. The fraction of sp³-hybridized carbons (Fsp3) is 0.586. The highest BCUT2D eigenvalue weighted by Gasteiger charge is 2.19. The second-order valence-electron chi connectivity index (χ2n) is 8.71. The smallest absolute Gasteiger partial charge is 0.338 e. The van der Waals surface area contributed by atoms with Gasteiger partial charge in [-0.3, -0.25) is 0 Å². The first-order valence-corrected chi connectivity index (χ1v) is 13.9. The van der Waals surface area contributed by atoms with E-state index in [1.807, 2.05) is 0 Å². The van der Waals surface area contributed by atoms with Gasteiger partial charge in [0.1, 0.15) is 13.2 Å². The number of ether oxygens (including phenoxy) is 9. The number of hydrogen-bond acceptors (Lipinski definition) is 13. The van der Waals surface area contributed by atoms with Crippen LogP contribution in [0.25, 0.3) is 0 Å². The quantitative estimate of drug-likeness (QED) is 0.0768. The molecule has 0 unspecified atom stereocenters. The zero-order chi connectivity index (χ0) is 32.4. The van der Waals surface area contributed by atoms with Gasteiger partial charge in [-0.05, 0) is 25.1 Å². The van der Waals surface area contributed by atoms with Crippen molar-refractivity contribution in [1.29, 1.82) is 0 Å². The molecule has 0 aliphatic heterocycles. The Hall–Kier alpha value is -3.44. The molecule has 1 aromatic carbocycles. The molecule has 1 aromatic rings. The van der Waals surface area contributed by atoms with E-state index in [4.69, 9.17) is 52.8 Å². The zero-order valence-corrected chi connectivity index (χ0v) is 25.0. The van der Waals surface area contributed by atoms with Crippen molar-refractivity contribution in [2.45, 2.75) is 6.92 Å². The number of aromatic carboxylic acids is 2. The number of benzene rings is 1. The minimum Gasteiger partial charge on any atom is -0.478 e. The van der Waals surface area contributed by atoms with Gasteiger partial charge in [0.15, 0.2) is 0 Å². The average molecular weight is 631 g/mol. The van der Waals surface area contributed by atoms with E-state index in [0.29, 0.717) is 84.9 Å². The number of hydrogen-bond donors (Lipinski definition) is 2. The van der Waals surface area contributed by atoms with Crippen LogP contribution in [0.15, 0.2) is 30.4 Å². The Morgan fingerprint density at radius 3 is 1.23 bits per heavy atom. The molecule has 0 heterocycles. The van der Waals surface area contributed by atoms with Gasteiger partial charge in [-0.2, -0.15) is 0 Å². The van der Waals surface area contributed by atoms with Gasteiger partial charge in [0.2, 0.25) is 0 Å². The van der Waals surface area contributed by atoms with Crippen molar-refractivity contribution < 1.29 is 72.0 Å². The van der Waals surface area contributed by atoms with Crippen LogP contribution in [0.4, 0.5) is 0 Å². The number of esters is 2. The fourth-order valence-corrected chi connectivity index (χ4v) is 3.05. The second kappa shape index (κ2) is 24.9. The lowest BCUT2D eigenvalue weighted by molar-refractivity contribution is -0.140. The third-order valence-electron chi connectivity index (χ3n) is 5.22. The third-order valence-corrected chi connectivity index (χ3v) is 5.22. The van der Waals surface area contributed by atoms with E-state index in [1.54, 1.807) is 6.92 Å². The van der Waals surface area contributed by atoms with Gasteiger partial charge < -0.3 is 52.8 Å². The van der Waals surface area contributed by atoms with Crippen LogP contribution in [-0.2, 0) is 47.4 Å². The maximum atomic E-state index is 12.1. The van der Waals surface area contributed by atoms with Gasteiger partial charge in [0, 0.05) is 5.57 Å². The molecule has 0 saturated carbocycles. The Bertz CT molecular complexity index is 1010. The van der Waals surface area contributed by atoms with Crippen molar-refractivity contribution in [2.24, 2.45) is 0 Å². The maximum absolute atomic E-state index is 12.1. The number of rotatable bonds is 28. The van der Waals surface area contributed by atoms with Gasteiger partial charge in [-0.15, -0.1) is 0 Å². The van der Waals surface area contributed by atoms with E-state index < -0.39 is 35.0 Å². The molecule has 248 valence electrons. The summed E-state index contributed by atoms with van der Waals surface area (Å²) in [4.78, 5) is 45.5. The maximum Gasteiger partial charge on any atom is 0.338 e. The molecule has 2 N–H and O–H groups in total. The Balaban J connectivity index is 1.83. The molecular weight excluding hydrogens is 588 g/mol. The SMILES string of the molecule is C=C(C)C(=O)OCCOCCOCCOCCOCCOCCOCCOCCOC(=O)c1ccc(C(=O)O)c(C(=O)O)c1. The summed E-state index contributed by atoms with van der Waals surface area (Å²) in [6.45, 7) is 10.3. The molecule has 0 fully saturated rings. The van der Waals surface area contributed by atoms with Crippen LogP contribution in [0, 0.1) is 0 Å². The summed E-state index contributed by atoms with van der Waals surface area (Å²) in [5.74, 6) is -4.09. The molecule has 15 nitrogen and oxygen atoms in total. The molecule has 0 saturated heterocycles. The van der Waals surface area contributed by atoms with Crippen molar-refractivity contribution >= 4 is 23.9 Å². The molecule has 0 spiro atoms. The van der Waals surface area contributed by atoms with Crippen molar-refractivity contribution in [3.05, 3.63) is 47.0 Å². The van der Waals surface area contributed by atoms with E-state index in [2.05, 4.69) is 6.58 Å². The molecule has 0 atom stereocenters. The topological polar surface area (TPSA) is 192 Å². The summed E-state index contributed by atoms with van der Waals surface area (Å²) in [7, 11) is 0. The minimum atomic E-state index is -1.46. The van der Waals surface area contributed by atoms with E-state index in [9.17, 15) is 19.2 Å². The molecule has 0 radical (unpaired) electrons. The predicted octanol–water partition coefficient (Wildman–Crippen LogP) is 1.48. The molecule has 1 rings (SSSR count). The normalized spacial score (nSPS) is 10.8. The van der Waals surface area contributed by atoms with Crippen LogP contribution in [0.1, 0.15) is 38.0 Å². The van der Waals surface area contributed by atoms with Gasteiger partial charge in [0.25, 0.3) is 0 Å². The fourth-order valence-electron chi connectivity index (χ4n) is 3.05. The van der Waals surface area contributed by atoms with Crippen LogP contribution in [-0.4, -0.2) is 140 Å². The third kappa shape index (κ3) is 19.0. The first-order chi connectivity index (χ1) is 21.2. The van der Waals surface area contributed by atoms with Gasteiger partial charge >= 0.3 is 23.9 Å². The highest BCUT2D eigenvalue weighted by molar-refractivity contribution is 6.03. The summed E-state index contributed by atoms with van der Waals surface area (Å²) in [5.41, 5.74) is -0.647. The lowest BCUT2D eigenvalue weighted by Gasteiger charge is -2.09. The molecule has 0 aliphatic carbocycles. The first-order valence-electron chi connectivity index (χ1n) is 13.9. The zero-order valence-electron chi connectivity index (χ0n) is 25.0. The standard InChI is InChI=1S/C29H42O15/c1-22(2)28(34)43-19-17-41-15-13-39-11-9-37-7-5-36-6-8-38-10-12-40-14-16-42-18-20-44-29(35)23-3-4-24(26(30)31)25(21-23)27(32)33/h3-4,21H,1,5-20H2,2H3,(H,30,31)(H,32,33). The van der Waals surface area contributed by atoms with Crippen LogP contribution in [0.2, 0.25) is 0 Å². The van der Waals surface area contributed by atoms with Gasteiger partial charge in [-0.1, -0.05) is 6.58 Å². The molecule has 0 bridgehead atoms. The lowest BCUT2D eigenvalue weighted by Crippen LogP contribution is -2.16. The molecule has 0 aliphatic rings. The van der Waals surface area contributed by atoms with Crippen molar-refractivity contribution in [2.75, 3.05) is 106 Å². The van der Waals surface area contributed by atoms with E-state index in [1.165, 1.54) is 6.07 Å². The summed E-state index contributed by atoms with van der Waals surface area (Å²) < 4.78 is 47.4. The number of carboxylic acid groups (broad SMARTS) is 2. The Labute approximate surface area is 255 Å². The van der Waals surface area contributed by atoms with Crippen LogP contribution in [0.3, 0.4) is 0 Å². The summed E-state index contributed by atoms with van der Waals surface area (Å²) in [6, 6.07) is 3.19. The van der Waals surface area contributed by atoms with Crippen molar-refractivity contribution in [3.8, 4) is 0 Å². The molecule has 15 heteroatoms. The Morgan fingerprint density at radius 1 is 0.545 bits per heavy atom. The first kappa shape index (κ1) is 38.6. The van der Waals surface area contributed by atoms with Gasteiger partial charge in [0.05, 0.1) is 109 Å². The monoisotopic (exact) mass is 630 g/mol. The van der Waals surface area contributed by atoms with E-state index in [-0.39, 0.29) is 32.0 Å². The lowest BCUT2D eigenvalue weighted by atomic mass is 10.0. The van der Waals surface area contributed by atoms with Crippen molar-refractivity contribution in [3.63, 3.8) is 0 Å². The number of carboxylic acids is 2. The highest BCUT2D eigenvalue weighted by Crippen LogP contribution is 2.13. The van der Waals surface area contributed by atoms with Gasteiger partial charge in [-0.25, -0.2) is 19.2 Å².